The molecule has 0 radical (unpaired) electrons. The molecule has 378 valence electrons. The van der Waals surface area contributed by atoms with E-state index < -0.39 is 32.5 Å². The fraction of sp³-hybridized carbons (Fsp3) is 0.889. The number of quaternary nitrogens is 1. The van der Waals surface area contributed by atoms with E-state index in [-0.39, 0.29) is 26.1 Å². The lowest BCUT2D eigenvalue weighted by atomic mass is 10.0. The number of hydrogen-bond donors (Lipinski definition) is 0. The molecule has 9 nitrogen and oxygen atoms in total. The van der Waals surface area contributed by atoms with E-state index >= 15 is 0 Å². The van der Waals surface area contributed by atoms with Gasteiger partial charge in [-0.25, -0.2) is 0 Å². The van der Waals surface area contributed by atoms with E-state index in [1.54, 1.807) is 0 Å². The first kappa shape index (κ1) is 62.5. The van der Waals surface area contributed by atoms with Crippen molar-refractivity contribution in [2.24, 2.45) is 0 Å². The van der Waals surface area contributed by atoms with Crippen molar-refractivity contribution in [1.82, 2.24) is 0 Å². The van der Waals surface area contributed by atoms with Crippen molar-refractivity contribution in [3.63, 3.8) is 0 Å². The Kier molecular flexibility index (Phi) is 45.5. The summed E-state index contributed by atoms with van der Waals surface area (Å²) in [4.78, 5) is 37.7. The van der Waals surface area contributed by atoms with E-state index in [2.05, 4.69) is 38.2 Å². The van der Waals surface area contributed by atoms with Crippen LogP contribution in [0.25, 0.3) is 0 Å². The number of carbonyl (C=O) groups is 2. The molecule has 0 aliphatic rings. The van der Waals surface area contributed by atoms with Gasteiger partial charge in [0.25, 0.3) is 7.82 Å². The zero-order chi connectivity index (χ0) is 47.1. The second kappa shape index (κ2) is 46.6. The number of nitrogens with zero attached hydrogens (tertiary/aromatic N) is 1. The number of unbranched alkanes of at least 4 members (excludes halogenated alkanes) is 32. The van der Waals surface area contributed by atoms with Gasteiger partial charge in [0.1, 0.15) is 19.8 Å². The maximum absolute atomic E-state index is 12.7. The summed E-state index contributed by atoms with van der Waals surface area (Å²) in [5.74, 6) is -0.865. The summed E-state index contributed by atoms with van der Waals surface area (Å²) >= 11 is 0. The fourth-order valence-electron chi connectivity index (χ4n) is 7.71. The molecule has 0 bridgehead atoms. The minimum absolute atomic E-state index is 0.0336. The van der Waals surface area contributed by atoms with Gasteiger partial charge in [-0.15, -0.1) is 0 Å². The van der Waals surface area contributed by atoms with Gasteiger partial charge >= 0.3 is 11.9 Å². The summed E-state index contributed by atoms with van der Waals surface area (Å²) in [6.07, 6.45) is 53.7. The first-order chi connectivity index (χ1) is 31.0. The first-order valence-corrected chi connectivity index (χ1v) is 28.5. The zero-order valence-corrected chi connectivity index (χ0v) is 43.6. The summed E-state index contributed by atoms with van der Waals surface area (Å²) in [7, 11) is 1.16. The maximum atomic E-state index is 12.7. The third-order valence-electron chi connectivity index (χ3n) is 11.9. The highest BCUT2D eigenvalue weighted by Gasteiger charge is 2.21. The molecule has 0 amide bonds. The molecule has 0 aromatic rings. The quantitative estimate of drug-likeness (QED) is 0.0195. The van der Waals surface area contributed by atoms with Gasteiger partial charge in [-0.1, -0.05) is 212 Å². The van der Waals surface area contributed by atoms with Crippen molar-refractivity contribution in [2.75, 3.05) is 47.5 Å². The molecule has 0 saturated heterocycles. The average molecular weight is 926 g/mol. The van der Waals surface area contributed by atoms with E-state index in [1.165, 1.54) is 180 Å². The highest BCUT2D eigenvalue weighted by Crippen LogP contribution is 2.38. The monoisotopic (exact) mass is 926 g/mol. The Hall–Kier alpha value is -1.51. The van der Waals surface area contributed by atoms with Gasteiger partial charge in [0.15, 0.2) is 6.10 Å². The van der Waals surface area contributed by atoms with Gasteiger partial charge in [-0.05, 0) is 57.8 Å². The Morgan fingerprint density at radius 2 is 0.812 bits per heavy atom. The molecule has 0 rings (SSSR count). The van der Waals surface area contributed by atoms with E-state index in [1.807, 2.05) is 21.1 Å². The molecular formula is C54H104NO8P. The van der Waals surface area contributed by atoms with Gasteiger partial charge in [0.05, 0.1) is 27.7 Å². The molecule has 0 aliphatic heterocycles. The summed E-state index contributed by atoms with van der Waals surface area (Å²) < 4.78 is 34.0. The van der Waals surface area contributed by atoms with Crippen molar-refractivity contribution in [3.8, 4) is 0 Å². The third-order valence-corrected chi connectivity index (χ3v) is 12.9. The highest BCUT2D eigenvalue weighted by atomic mass is 31.2. The van der Waals surface area contributed by atoms with Crippen LogP contribution in [0, 0.1) is 0 Å². The lowest BCUT2D eigenvalue weighted by molar-refractivity contribution is -0.870. The van der Waals surface area contributed by atoms with Crippen LogP contribution in [0.1, 0.15) is 258 Å². The third kappa shape index (κ3) is 49.9. The topological polar surface area (TPSA) is 111 Å². The average Bonchev–Trinajstić information content (AvgIpc) is 3.25. The summed E-state index contributed by atoms with van der Waals surface area (Å²) in [6.45, 7) is 4.23. The van der Waals surface area contributed by atoms with Crippen molar-refractivity contribution in [3.05, 3.63) is 24.3 Å². The Bertz CT molecular complexity index is 1140. The first-order valence-electron chi connectivity index (χ1n) is 27.0. The highest BCUT2D eigenvalue weighted by molar-refractivity contribution is 7.45. The van der Waals surface area contributed by atoms with Crippen LogP contribution in [0.4, 0.5) is 0 Å². The van der Waals surface area contributed by atoms with Crippen LogP contribution >= 0.6 is 7.82 Å². The minimum Gasteiger partial charge on any atom is -0.756 e. The largest absolute Gasteiger partial charge is 0.756 e. The zero-order valence-electron chi connectivity index (χ0n) is 42.7. The molecule has 0 aromatic carbocycles. The van der Waals surface area contributed by atoms with Gasteiger partial charge in [-0.2, -0.15) is 0 Å². The molecule has 64 heavy (non-hydrogen) atoms. The van der Waals surface area contributed by atoms with Crippen molar-refractivity contribution < 1.29 is 42.1 Å². The van der Waals surface area contributed by atoms with E-state index in [0.29, 0.717) is 23.9 Å². The molecule has 0 aromatic heterocycles. The Morgan fingerprint density at radius 3 is 1.20 bits per heavy atom. The minimum atomic E-state index is -4.64. The number of esters is 2. The predicted molar refractivity (Wildman–Crippen MR) is 268 cm³/mol. The number of allylic oxidation sites excluding steroid dienone is 4. The van der Waals surface area contributed by atoms with Gasteiger partial charge < -0.3 is 27.9 Å². The Morgan fingerprint density at radius 1 is 0.469 bits per heavy atom. The van der Waals surface area contributed by atoms with Crippen LogP contribution in [-0.4, -0.2) is 70.0 Å². The smallest absolute Gasteiger partial charge is 0.306 e. The number of phosphoric ester groups is 1. The Labute approximate surface area is 396 Å². The Balaban J connectivity index is 4.21. The lowest BCUT2D eigenvalue weighted by Gasteiger charge is -2.28. The van der Waals surface area contributed by atoms with Crippen molar-refractivity contribution in [2.45, 2.75) is 264 Å². The maximum Gasteiger partial charge on any atom is 0.306 e. The van der Waals surface area contributed by atoms with Crippen LogP contribution in [0.3, 0.4) is 0 Å². The number of carbonyl (C=O) groups excluding carboxylic acids is 2. The van der Waals surface area contributed by atoms with Crippen LogP contribution < -0.4 is 4.89 Å². The van der Waals surface area contributed by atoms with Crippen LogP contribution in [0.15, 0.2) is 24.3 Å². The number of ether oxygens (including phenoxy) is 2. The standard InChI is InChI=1S/C54H104NO8P/c1-6-8-10-12-14-16-18-20-22-24-25-26-27-28-29-31-32-34-36-38-40-42-44-46-53(56)60-50-52(51-62-64(58,59)61-49-48-55(3,4)5)63-54(57)47-45-43-41-39-37-35-33-30-23-21-19-17-15-13-11-9-7-2/h21,23,38,40,52H,6-20,22,24-37,39,41-51H2,1-5H3/b23-21+,40-38+/t52-/m0/s1. The number of likely N-dealkylation sites (N-methyl/N-ethyl adjacent to an activating group) is 1. The van der Waals surface area contributed by atoms with Crippen molar-refractivity contribution in [1.29, 1.82) is 0 Å². The van der Waals surface area contributed by atoms with E-state index in [4.69, 9.17) is 18.5 Å². The predicted octanol–water partition coefficient (Wildman–Crippen LogP) is 15.6. The molecule has 0 aliphatic carbocycles. The SMILES string of the molecule is CCCCCCCC/C=C/CCCCCCCCCC(=O)O[C@@H](COC(=O)CCC/C=C/CCCCCCCCCCCCCCCCCCCC)COP(=O)([O-])OCC[N+](C)(C)C. The molecule has 0 fully saturated rings. The van der Waals surface area contributed by atoms with Crippen molar-refractivity contribution >= 4 is 19.8 Å². The molecule has 10 heteroatoms. The van der Waals surface area contributed by atoms with Gasteiger partial charge in [0, 0.05) is 12.8 Å². The molecular weight excluding hydrogens is 822 g/mol. The second-order valence-electron chi connectivity index (χ2n) is 19.6. The van der Waals surface area contributed by atoms with Crippen LogP contribution in [-0.2, 0) is 32.7 Å². The van der Waals surface area contributed by atoms with E-state index in [9.17, 15) is 19.0 Å². The van der Waals surface area contributed by atoms with E-state index in [0.717, 1.165) is 38.5 Å². The molecule has 0 spiro atoms. The molecule has 0 saturated carbocycles. The normalized spacial score (nSPS) is 13.5. The number of phosphoric acid groups is 1. The number of rotatable bonds is 50. The molecule has 1 unspecified atom stereocenters. The molecule has 0 heterocycles. The van der Waals surface area contributed by atoms with Gasteiger partial charge in [0.2, 0.25) is 0 Å². The van der Waals surface area contributed by atoms with Crippen LogP contribution in [0.2, 0.25) is 0 Å². The van der Waals surface area contributed by atoms with Gasteiger partial charge in [-0.3, -0.25) is 14.2 Å². The summed E-state index contributed by atoms with van der Waals surface area (Å²) in [6, 6.07) is 0. The number of hydrogen-bond acceptors (Lipinski definition) is 8. The second-order valence-corrected chi connectivity index (χ2v) is 21.0. The van der Waals surface area contributed by atoms with Crippen LogP contribution in [0.5, 0.6) is 0 Å². The summed E-state index contributed by atoms with van der Waals surface area (Å²) in [5, 5.41) is 0. The summed E-state index contributed by atoms with van der Waals surface area (Å²) in [5.41, 5.74) is 0. The fourth-order valence-corrected chi connectivity index (χ4v) is 8.44. The lowest BCUT2D eigenvalue weighted by Crippen LogP contribution is -2.37. The molecule has 2 atom stereocenters. The molecule has 0 N–H and O–H groups in total.